The molecule has 2 aliphatic rings. The van der Waals surface area contributed by atoms with Crippen molar-refractivity contribution in [1.82, 2.24) is 5.32 Å². The minimum absolute atomic E-state index is 0.0193. The molecular formula is C9H11F3N4. The molecule has 0 radical (unpaired) electrons. The number of hydrogen-bond donors (Lipinski definition) is 3. The monoisotopic (exact) mass is 232 g/mol. The third kappa shape index (κ3) is 1.57. The van der Waals surface area contributed by atoms with Gasteiger partial charge < -0.3 is 16.8 Å². The van der Waals surface area contributed by atoms with Crippen LogP contribution in [0.2, 0.25) is 0 Å². The van der Waals surface area contributed by atoms with Crippen molar-refractivity contribution in [2.24, 2.45) is 16.5 Å². The summed E-state index contributed by atoms with van der Waals surface area (Å²) in [6.07, 6.45) is -3.05. The number of rotatable bonds is 0. The van der Waals surface area contributed by atoms with Gasteiger partial charge in [0.2, 0.25) is 0 Å². The zero-order valence-corrected chi connectivity index (χ0v) is 8.52. The maximum atomic E-state index is 12.7. The number of halogens is 3. The Labute approximate surface area is 89.9 Å². The molecule has 0 spiro atoms. The first-order valence-corrected chi connectivity index (χ1v) is 4.62. The Bertz CT molecular complexity index is 429. The summed E-state index contributed by atoms with van der Waals surface area (Å²) >= 11 is 0. The molecule has 1 unspecified atom stereocenters. The Morgan fingerprint density at radius 1 is 1.50 bits per heavy atom. The molecule has 4 nitrogen and oxygen atoms in total. The predicted molar refractivity (Wildman–Crippen MR) is 53.4 cm³/mol. The van der Waals surface area contributed by atoms with Crippen LogP contribution in [0, 0.1) is 0 Å². The first-order valence-electron chi connectivity index (χ1n) is 4.62. The summed E-state index contributed by atoms with van der Waals surface area (Å²) in [5.41, 5.74) is 9.35. The van der Waals surface area contributed by atoms with Crippen molar-refractivity contribution in [3.05, 3.63) is 23.0 Å². The average Bonchev–Trinajstić information content (AvgIpc) is 2.44. The second-order valence-electron chi connectivity index (χ2n) is 4.02. The molecule has 7 heteroatoms. The zero-order valence-electron chi connectivity index (χ0n) is 8.52. The molecule has 0 amide bonds. The molecule has 0 saturated carbocycles. The smallest absolute Gasteiger partial charge is 0.385 e. The van der Waals surface area contributed by atoms with Crippen LogP contribution in [0.4, 0.5) is 13.2 Å². The van der Waals surface area contributed by atoms with E-state index in [4.69, 9.17) is 11.5 Å². The van der Waals surface area contributed by atoms with Crippen LogP contribution in [0.3, 0.4) is 0 Å². The van der Waals surface area contributed by atoms with Crippen molar-refractivity contribution >= 4 is 5.84 Å². The van der Waals surface area contributed by atoms with Gasteiger partial charge in [-0.1, -0.05) is 0 Å². The summed E-state index contributed by atoms with van der Waals surface area (Å²) in [4.78, 5) is 3.76. The van der Waals surface area contributed by atoms with Gasteiger partial charge in [0.1, 0.15) is 5.84 Å². The van der Waals surface area contributed by atoms with Crippen molar-refractivity contribution in [3.63, 3.8) is 0 Å². The van der Waals surface area contributed by atoms with Gasteiger partial charge in [-0.2, -0.15) is 13.2 Å². The Morgan fingerprint density at radius 2 is 2.12 bits per heavy atom. The van der Waals surface area contributed by atoms with Crippen molar-refractivity contribution in [1.29, 1.82) is 0 Å². The third-order valence-electron chi connectivity index (χ3n) is 2.53. The van der Waals surface area contributed by atoms with Gasteiger partial charge in [-0.3, -0.25) is 4.99 Å². The van der Waals surface area contributed by atoms with Gasteiger partial charge in [0.25, 0.3) is 0 Å². The second-order valence-corrected chi connectivity index (χ2v) is 4.02. The average molecular weight is 232 g/mol. The van der Waals surface area contributed by atoms with E-state index in [9.17, 15) is 13.2 Å². The van der Waals surface area contributed by atoms with Crippen LogP contribution in [-0.4, -0.2) is 24.1 Å². The van der Waals surface area contributed by atoms with Gasteiger partial charge in [0.05, 0.1) is 23.5 Å². The summed E-state index contributed by atoms with van der Waals surface area (Å²) < 4.78 is 38.1. The lowest BCUT2D eigenvalue weighted by Gasteiger charge is -2.31. The standard InChI is InChI=1S/C9H11F3N4/c1-8(14)2-5(13)16-7-6(8)4(3-15-7)9(10,11)12/h2H,3,13-14H2,1H3,(H,15,16). The topological polar surface area (TPSA) is 76.4 Å². The summed E-state index contributed by atoms with van der Waals surface area (Å²) in [6, 6.07) is 0. The highest BCUT2D eigenvalue weighted by molar-refractivity contribution is 6.05. The molecule has 5 N–H and O–H groups in total. The van der Waals surface area contributed by atoms with Gasteiger partial charge in [-0.05, 0) is 13.0 Å². The lowest BCUT2D eigenvalue weighted by atomic mass is 9.86. The number of nitrogens with two attached hydrogens (primary N) is 2. The first kappa shape index (κ1) is 11.0. The molecule has 0 aliphatic carbocycles. The lowest BCUT2D eigenvalue weighted by Crippen LogP contribution is -2.49. The van der Waals surface area contributed by atoms with E-state index >= 15 is 0 Å². The number of hydrogen-bond acceptors (Lipinski definition) is 4. The molecule has 1 atom stereocenters. The van der Waals surface area contributed by atoms with Crippen molar-refractivity contribution in [2.75, 3.05) is 6.54 Å². The Hall–Kier alpha value is -1.50. The molecule has 2 heterocycles. The Kier molecular flexibility index (Phi) is 2.06. The maximum absolute atomic E-state index is 12.7. The van der Waals surface area contributed by atoms with E-state index in [0.29, 0.717) is 0 Å². The summed E-state index contributed by atoms with van der Waals surface area (Å²) in [7, 11) is 0. The summed E-state index contributed by atoms with van der Waals surface area (Å²) in [5, 5.41) is 2.59. The molecular weight excluding hydrogens is 221 g/mol. The third-order valence-corrected chi connectivity index (χ3v) is 2.53. The van der Waals surface area contributed by atoms with Crippen LogP contribution in [0.15, 0.2) is 28.0 Å². The largest absolute Gasteiger partial charge is 0.414 e. The van der Waals surface area contributed by atoms with E-state index in [1.807, 2.05) is 0 Å². The lowest BCUT2D eigenvalue weighted by molar-refractivity contribution is -0.0926. The molecule has 2 aliphatic heterocycles. The van der Waals surface area contributed by atoms with Crippen LogP contribution in [-0.2, 0) is 0 Å². The van der Waals surface area contributed by atoms with Crippen molar-refractivity contribution in [3.8, 4) is 0 Å². The van der Waals surface area contributed by atoms with Crippen LogP contribution < -0.4 is 16.8 Å². The van der Waals surface area contributed by atoms with Gasteiger partial charge >= 0.3 is 6.18 Å². The number of fused-ring (bicyclic) bond motifs is 1. The molecule has 0 aromatic carbocycles. The quantitative estimate of drug-likeness (QED) is 0.565. The Morgan fingerprint density at radius 3 is 2.69 bits per heavy atom. The highest BCUT2D eigenvalue weighted by Gasteiger charge is 2.45. The fraction of sp³-hybridized carbons (Fsp3) is 0.444. The van der Waals surface area contributed by atoms with Crippen LogP contribution in [0.5, 0.6) is 0 Å². The van der Waals surface area contributed by atoms with E-state index in [2.05, 4.69) is 10.3 Å². The molecule has 2 rings (SSSR count). The number of amidine groups is 1. The van der Waals surface area contributed by atoms with Crippen LogP contribution in [0.25, 0.3) is 0 Å². The molecule has 0 aromatic heterocycles. The van der Waals surface area contributed by atoms with Crippen LogP contribution >= 0.6 is 0 Å². The van der Waals surface area contributed by atoms with Crippen molar-refractivity contribution < 1.29 is 13.2 Å². The van der Waals surface area contributed by atoms with Crippen LogP contribution in [0.1, 0.15) is 6.92 Å². The number of alkyl halides is 3. The van der Waals surface area contributed by atoms with Gasteiger partial charge in [0, 0.05) is 5.57 Å². The molecule has 0 aromatic rings. The molecule has 0 fully saturated rings. The first-order chi connectivity index (χ1) is 7.22. The maximum Gasteiger partial charge on any atom is 0.414 e. The Balaban J connectivity index is 2.57. The molecule has 16 heavy (non-hydrogen) atoms. The minimum atomic E-state index is -4.41. The molecule has 88 valence electrons. The van der Waals surface area contributed by atoms with E-state index in [0.717, 1.165) is 0 Å². The van der Waals surface area contributed by atoms with Crippen molar-refractivity contribution in [2.45, 2.75) is 18.6 Å². The summed E-state index contributed by atoms with van der Waals surface area (Å²) in [5.74, 6) is 0.341. The number of nitrogens with one attached hydrogen (secondary N) is 1. The molecule has 0 saturated heterocycles. The SMILES string of the molecule is CC1(N)C=C(N)NC2=NCC(C(F)(F)F)=C21. The normalized spacial score (nSPS) is 29.6. The van der Waals surface area contributed by atoms with E-state index in [-0.39, 0.29) is 17.2 Å². The summed E-state index contributed by atoms with van der Waals surface area (Å²) in [6.45, 7) is 1.07. The number of nitrogens with zero attached hydrogens (tertiary/aromatic N) is 1. The zero-order chi connectivity index (χ0) is 12.1. The van der Waals surface area contributed by atoms with E-state index < -0.39 is 23.8 Å². The second kappa shape index (κ2) is 3.00. The van der Waals surface area contributed by atoms with Gasteiger partial charge in [-0.25, -0.2) is 0 Å². The van der Waals surface area contributed by atoms with E-state index in [1.165, 1.54) is 13.0 Å². The fourth-order valence-electron chi connectivity index (χ4n) is 1.94. The molecule has 0 bridgehead atoms. The number of aliphatic imine (C=N–C) groups is 1. The predicted octanol–water partition coefficient (Wildman–Crippen LogP) is 0.378. The van der Waals surface area contributed by atoms with Gasteiger partial charge in [-0.15, -0.1) is 0 Å². The fourth-order valence-corrected chi connectivity index (χ4v) is 1.94. The minimum Gasteiger partial charge on any atom is -0.385 e. The highest BCUT2D eigenvalue weighted by atomic mass is 19.4. The van der Waals surface area contributed by atoms with Gasteiger partial charge in [0.15, 0.2) is 0 Å². The van der Waals surface area contributed by atoms with E-state index in [1.54, 1.807) is 0 Å². The highest BCUT2D eigenvalue weighted by Crippen LogP contribution is 2.37.